The Bertz CT molecular complexity index is 110. The van der Waals surface area contributed by atoms with Crippen LogP contribution in [0, 0.1) is 5.92 Å². The molecule has 2 N–H and O–H groups in total. The highest BCUT2D eigenvalue weighted by atomic mass is 15.3. The number of hydrogen-bond acceptors (Lipinski definition) is 1. The van der Waals surface area contributed by atoms with Crippen LogP contribution in [0.5, 0.6) is 0 Å². The van der Waals surface area contributed by atoms with Crippen molar-refractivity contribution in [2.75, 3.05) is 33.7 Å². The lowest BCUT2D eigenvalue weighted by atomic mass is 9.97. The molecule has 2 nitrogen and oxygen atoms in total. The first-order chi connectivity index (χ1) is 4.64. The van der Waals surface area contributed by atoms with E-state index in [4.69, 9.17) is 5.73 Å². The molecule has 0 spiro atoms. The van der Waals surface area contributed by atoms with E-state index in [2.05, 4.69) is 14.1 Å². The number of likely N-dealkylation sites (tertiary alicyclic amines) is 1. The second-order valence-corrected chi connectivity index (χ2v) is 4.09. The zero-order chi connectivity index (χ0) is 7.61. The highest BCUT2D eigenvalue weighted by Crippen LogP contribution is 2.18. The molecule has 1 saturated heterocycles. The van der Waals surface area contributed by atoms with Gasteiger partial charge in [-0.3, -0.25) is 0 Å². The summed E-state index contributed by atoms with van der Waals surface area (Å²) in [4.78, 5) is 0. The van der Waals surface area contributed by atoms with E-state index in [-0.39, 0.29) is 0 Å². The van der Waals surface area contributed by atoms with E-state index in [0.29, 0.717) is 0 Å². The van der Waals surface area contributed by atoms with Crippen LogP contribution in [0.2, 0.25) is 0 Å². The summed E-state index contributed by atoms with van der Waals surface area (Å²) >= 11 is 0. The van der Waals surface area contributed by atoms with Gasteiger partial charge in [-0.1, -0.05) is 0 Å². The number of piperidine rings is 1. The summed E-state index contributed by atoms with van der Waals surface area (Å²) in [6.07, 6.45) is 2.70. The molecule has 1 unspecified atom stereocenters. The molecule has 1 heterocycles. The smallest absolute Gasteiger partial charge is 0.0823 e. The van der Waals surface area contributed by atoms with Crippen LogP contribution in [-0.2, 0) is 0 Å². The molecule has 10 heavy (non-hydrogen) atoms. The van der Waals surface area contributed by atoms with Crippen LogP contribution >= 0.6 is 0 Å². The minimum Gasteiger partial charge on any atom is -0.330 e. The van der Waals surface area contributed by atoms with Crippen LogP contribution < -0.4 is 5.73 Å². The van der Waals surface area contributed by atoms with Gasteiger partial charge in [-0.25, -0.2) is 0 Å². The Kier molecular flexibility index (Phi) is 2.32. The van der Waals surface area contributed by atoms with Gasteiger partial charge in [-0.2, -0.15) is 0 Å². The van der Waals surface area contributed by atoms with Crippen LogP contribution in [0.25, 0.3) is 0 Å². The molecule has 1 rings (SSSR count). The minimum atomic E-state index is 0.781. The Morgan fingerprint density at radius 2 is 2.20 bits per heavy atom. The lowest BCUT2D eigenvalue weighted by Crippen LogP contribution is -2.49. The SMILES string of the molecule is C[N+]1(C)CCCC(CN)C1. The number of nitrogens with two attached hydrogens (primary N) is 1. The van der Waals surface area contributed by atoms with Gasteiger partial charge in [-0.15, -0.1) is 0 Å². The van der Waals surface area contributed by atoms with Crippen molar-refractivity contribution >= 4 is 0 Å². The van der Waals surface area contributed by atoms with Crippen molar-refractivity contribution in [1.29, 1.82) is 0 Å². The van der Waals surface area contributed by atoms with E-state index in [9.17, 15) is 0 Å². The monoisotopic (exact) mass is 143 g/mol. The third kappa shape index (κ3) is 1.96. The van der Waals surface area contributed by atoms with E-state index in [1.54, 1.807) is 0 Å². The molecule has 0 aromatic carbocycles. The fourth-order valence-corrected chi connectivity index (χ4v) is 1.88. The van der Waals surface area contributed by atoms with Gasteiger partial charge in [0.25, 0.3) is 0 Å². The maximum atomic E-state index is 5.61. The molecule has 0 saturated carbocycles. The van der Waals surface area contributed by atoms with Crippen LogP contribution in [0.15, 0.2) is 0 Å². The predicted molar refractivity (Wildman–Crippen MR) is 43.6 cm³/mol. The quantitative estimate of drug-likeness (QED) is 0.529. The fraction of sp³-hybridized carbons (Fsp3) is 1.00. The van der Waals surface area contributed by atoms with E-state index >= 15 is 0 Å². The molecular weight excluding hydrogens is 124 g/mol. The molecule has 1 atom stereocenters. The molecule has 0 amide bonds. The van der Waals surface area contributed by atoms with Crippen molar-refractivity contribution in [2.45, 2.75) is 12.8 Å². The molecule has 0 aromatic rings. The van der Waals surface area contributed by atoms with Gasteiger partial charge in [0.2, 0.25) is 0 Å². The second-order valence-electron chi connectivity index (χ2n) is 4.09. The Morgan fingerprint density at radius 1 is 1.50 bits per heavy atom. The molecule has 2 heteroatoms. The largest absolute Gasteiger partial charge is 0.330 e. The Labute approximate surface area is 63.6 Å². The Hall–Kier alpha value is -0.0800. The van der Waals surface area contributed by atoms with E-state index in [0.717, 1.165) is 12.5 Å². The van der Waals surface area contributed by atoms with Gasteiger partial charge in [0, 0.05) is 12.5 Å². The van der Waals surface area contributed by atoms with Crippen molar-refractivity contribution in [3.05, 3.63) is 0 Å². The summed E-state index contributed by atoms with van der Waals surface area (Å²) in [6, 6.07) is 0. The number of rotatable bonds is 1. The van der Waals surface area contributed by atoms with E-state index < -0.39 is 0 Å². The molecule has 1 aliphatic rings. The molecule has 0 bridgehead atoms. The fourth-order valence-electron chi connectivity index (χ4n) is 1.88. The first kappa shape index (κ1) is 8.02. The minimum absolute atomic E-state index is 0.781. The maximum absolute atomic E-state index is 5.61. The molecular formula is C8H19N2+. The zero-order valence-electron chi connectivity index (χ0n) is 7.14. The van der Waals surface area contributed by atoms with Crippen molar-refractivity contribution in [3.63, 3.8) is 0 Å². The lowest BCUT2D eigenvalue weighted by molar-refractivity contribution is -0.898. The van der Waals surface area contributed by atoms with E-state index in [1.807, 2.05) is 0 Å². The summed E-state index contributed by atoms with van der Waals surface area (Å²) in [7, 11) is 4.59. The molecule has 0 radical (unpaired) electrons. The molecule has 60 valence electrons. The third-order valence-electron chi connectivity index (χ3n) is 2.46. The highest BCUT2D eigenvalue weighted by molar-refractivity contribution is 4.63. The summed E-state index contributed by atoms with van der Waals surface area (Å²) in [5.74, 6) is 0.781. The van der Waals surface area contributed by atoms with Gasteiger partial charge >= 0.3 is 0 Å². The number of hydrogen-bond donors (Lipinski definition) is 1. The summed E-state index contributed by atoms with van der Waals surface area (Å²) in [5.41, 5.74) is 5.61. The molecule has 0 aromatic heterocycles. The van der Waals surface area contributed by atoms with Crippen LogP contribution in [0.1, 0.15) is 12.8 Å². The van der Waals surface area contributed by atoms with Crippen LogP contribution in [-0.4, -0.2) is 38.2 Å². The summed E-state index contributed by atoms with van der Waals surface area (Å²) in [5, 5.41) is 0. The van der Waals surface area contributed by atoms with Gasteiger partial charge in [0.1, 0.15) is 0 Å². The second kappa shape index (κ2) is 2.89. The Balaban J connectivity index is 2.40. The van der Waals surface area contributed by atoms with Crippen molar-refractivity contribution < 1.29 is 4.48 Å². The molecule has 1 fully saturated rings. The van der Waals surface area contributed by atoms with Gasteiger partial charge in [0.15, 0.2) is 0 Å². The number of quaternary nitrogens is 1. The third-order valence-corrected chi connectivity index (χ3v) is 2.46. The van der Waals surface area contributed by atoms with Crippen LogP contribution in [0.3, 0.4) is 0 Å². The topological polar surface area (TPSA) is 26.0 Å². The van der Waals surface area contributed by atoms with Crippen molar-refractivity contribution in [3.8, 4) is 0 Å². The van der Waals surface area contributed by atoms with E-state index in [1.165, 1.54) is 30.4 Å². The first-order valence-electron chi connectivity index (χ1n) is 4.16. The van der Waals surface area contributed by atoms with Gasteiger partial charge < -0.3 is 10.2 Å². The molecule has 1 aliphatic heterocycles. The normalized spacial score (nSPS) is 32.1. The highest BCUT2D eigenvalue weighted by Gasteiger charge is 2.25. The average Bonchev–Trinajstić information content (AvgIpc) is 1.86. The summed E-state index contributed by atoms with van der Waals surface area (Å²) < 4.78 is 1.17. The first-order valence-corrected chi connectivity index (χ1v) is 4.16. The summed E-state index contributed by atoms with van der Waals surface area (Å²) in [6.45, 7) is 3.48. The van der Waals surface area contributed by atoms with Crippen molar-refractivity contribution in [1.82, 2.24) is 0 Å². The average molecular weight is 143 g/mol. The van der Waals surface area contributed by atoms with Crippen LogP contribution in [0.4, 0.5) is 0 Å². The van der Waals surface area contributed by atoms with Crippen molar-refractivity contribution in [2.24, 2.45) is 11.7 Å². The Morgan fingerprint density at radius 3 is 2.60 bits per heavy atom. The van der Waals surface area contributed by atoms with Gasteiger partial charge in [0.05, 0.1) is 27.2 Å². The van der Waals surface area contributed by atoms with Gasteiger partial charge in [-0.05, 0) is 12.8 Å². The predicted octanol–water partition coefficient (Wildman–Crippen LogP) is 0.432. The lowest BCUT2D eigenvalue weighted by Gasteiger charge is -2.37. The number of nitrogens with zero attached hydrogens (tertiary/aromatic N) is 1. The molecule has 0 aliphatic carbocycles. The standard InChI is InChI=1S/C8H19N2/c1-10(2)5-3-4-8(6-9)7-10/h8H,3-7,9H2,1-2H3/q+1. The maximum Gasteiger partial charge on any atom is 0.0823 e. The zero-order valence-corrected chi connectivity index (χ0v) is 7.14.